The van der Waals surface area contributed by atoms with Gasteiger partial charge >= 0.3 is 11.8 Å². The summed E-state index contributed by atoms with van der Waals surface area (Å²) >= 11 is 0. The number of hydrogen-bond acceptors (Lipinski definition) is 12. The van der Waals surface area contributed by atoms with E-state index >= 15 is 0 Å². The lowest BCUT2D eigenvalue weighted by molar-refractivity contribution is -0.181. The Kier molecular flexibility index (Phi) is 11.9. The molecule has 0 radical (unpaired) electrons. The maximum Gasteiger partial charge on any atom is 0.534 e. The van der Waals surface area contributed by atoms with E-state index in [9.17, 15) is 24.0 Å². The van der Waals surface area contributed by atoms with Crippen LogP contribution in [0.3, 0.4) is 0 Å². The maximum absolute atomic E-state index is 13.5. The summed E-state index contributed by atoms with van der Waals surface area (Å²) in [6, 6.07) is 25.7. The van der Waals surface area contributed by atoms with E-state index in [1.807, 2.05) is 113 Å². The summed E-state index contributed by atoms with van der Waals surface area (Å²) in [4.78, 5) is 71.0. The number of rotatable bonds is 13. The number of nitrogens with one attached hydrogen (secondary N) is 1. The average Bonchev–Trinajstić information content (AvgIpc) is 3.68. The molecule has 15 nitrogen and oxygen atoms in total. The van der Waals surface area contributed by atoms with Crippen molar-refractivity contribution in [3.8, 4) is 11.5 Å². The summed E-state index contributed by atoms with van der Waals surface area (Å²) in [7, 11) is 0.401. The number of hydroxylamine groups is 2. The topological polar surface area (TPSA) is 174 Å². The van der Waals surface area contributed by atoms with Gasteiger partial charge in [-0.05, 0) is 59.1 Å². The van der Waals surface area contributed by atoms with Gasteiger partial charge in [0.25, 0.3) is 17.4 Å². The van der Waals surface area contributed by atoms with Gasteiger partial charge in [-0.15, -0.1) is 0 Å². The van der Waals surface area contributed by atoms with Crippen molar-refractivity contribution in [1.82, 2.24) is 14.6 Å². The SMILES string of the molecule is COc1ccc(C(OC[C@H]2O[C@@H](n3ccc(=O)[nH]c3=O)[C@H](OC(=O)ON3C(=O)CCC3=O)[C@@H]2O[Si](C)(C)C(C)(C)C)(c2ccccc2)c2ccc(OC)cc2)cc1. The summed E-state index contributed by atoms with van der Waals surface area (Å²) in [6.07, 6.45) is -5.37. The molecule has 57 heavy (non-hydrogen) atoms. The molecule has 1 aromatic heterocycles. The van der Waals surface area contributed by atoms with Gasteiger partial charge in [-0.1, -0.05) is 80.4 Å². The molecule has 0 bridgehead atoms. The Labute approximate surface area is 330 Å². The molecule has 1 N–H and O–H groups in total. The van der Waals surface area contributed by atoms with Gasteiger partial charge in [0.05, 0.1) is 20.8 Å². The van der Waals surface area contributed by atoms with Crippen molar-refractivity contribution < 1.29 is 47.3 Å². The van der Waals surface area contributed by atoms with Crippen LogP contribution in [0.15, 0.2) is 101 Å². The van der Waals surface area contributed by atoms with E-state index in [-0.39, 0.29) is 24.5 Å². The number of H-pyrrole nitrogens is 1. The first kappa shape index (κ1) is 41.1. The third-order valence-electron chi connectivity index (χ3n) is 10.7. The molecule has 6 rings (SSSR count). The van der Waals surface area contributed by atoms with Crippen LogP contribution in [-0.4, -0.2) is 80.0 Å². The molecule has 3 aromatic carbocycles. The van der Waals surface area contributed by atoms with Gasteiger partial charge in [-0.2, -0.15) is 0 Å². The first-order chi connectivity index (χ1) is 27.1. The number of aromatic nitrogens is 2. The number of ether oxygens (including phenoxy) is 5. The minimum Gasteiger partial charge on any atom is -0.497 e. The molecule has 3 heterocycles. The fraction of sp³-hybridized carbons (Fsp3) is 0.390. The fourth-order valence-corrected chi connectivity index (χ4v) is 7.94. The number of benzene rings is 3. The van der Waals surface area contributed by atoms with Crippen LogP contribution in [0.4, 0.5) is 4.79 Å². The van der Waals surface area contributed by atoms with E-state index in [4.69, 9.17) is 32.9 Å². The number of carbonyl (C=O) groups is 3. The van der Waals surface area contributed by atoms with Gasteiger partial charge in [0.15, 0.2) is 20.6 Å². The van der Waals surface area contributed by atoms with Crippen LogP contribution in [0, 0.1) is 0 Å². The Morgan fingerprint density at radius 2 is 1.33 bits per heavy atom. The van der Waals surface area contributed by atoms with E-state index in [2.05, 4.69) is 4.98 Å². The van der Waals surface area contributed by atoms with Crippen molar-refractivity contribution in [2.24, 2.45) is 0 Å². The van der Waals surface area contributed by atoms with E-state index in [1.54, 1.807) is 14.2 Å². The molecule has 2 aliphatic heterocycles. The Hall–Kier alpha value is -5.55. The zero-order valence-corrected chi connectivity index (χ0v) is 33.9. The molecule has 0 saturated carbocycles. The fourth-order valence-electron chi connectivity index (χ4n) is 6.63. The van der Waals surface area contributed by atoms with E-state index < -0.39 is 67.7 Å². The quantitative estimate of drug-likeness (QED) is 0.0787. The number of hydrogen-bond donors (Lipinski definition) is 1. The van der Waals surface area contributed by atoms with Crippen LogP contribution in [0.5, 0.6) is 11.5 Å². The molecule has 0 unspecified atom stereocenters. The molecule has 2 fully saturated rings. The lowest BCUT2D eigenvalue weighted by Crippen LogP contribution is -2.51. The lowest BCUT2D eigenvalue weighted by Gasteiger charge is -2.41. The molecule has 16 heteroatoms. The smallest absolute Gasteiger partial charge is 0.497 e. The Bertz CT molecular complexity index is 2120. The zero-order valence-electron chi connectivity index (χ0n) is 32.9. The number of amides is 2. The first-order valence-electron chi connectivity index (χ1n) is 18.5. The van der Waals surface area contributed by atoms with Gasteiger partial charge in [0.1, 0.15) is 29.3 Å². The van der Waals surface area contributed by atoms with Crippen LogP contribution < -0.4 is 20.7 Å². The third kappa shape index (κ3) is 8.44. The van der Waals surface area contributed by atoms with Crippen molar-refractivity contribution in [2.45, 2.75) is 81.9 Å². The molecule has 0 spiro atoms. The number of nitrogens with zero attached hydrogens (tertiary/aromatic N) is 2. The van der Waals surface area contributed by atoms with Crippen molar-refractivity contribution in [2.75, 3.05) is 20.8 Å². The predicted molar refractivity (Wildman–Crippen MR) is 208 cm³/mol. The van der Waals surface area contributed by atoms with Crippen LogP contribution in [-0.2, 0) is 38.7 Å². The second-order valence-electron chi connectivity index (χ2n) is 15.2. The first-order valence-corrected chi connectivity index (χ1v) is 21.4. The predicted octanol–water partition coefficient (Wildman–Crippen LogP) is 5.44. The molecule has 4 aromatic rings. The highest BCUT2D eigenvalue weighted by Gasteiger charge is 2.54. The van der Waals surface area contributed by atoms with Crippen molar-refractivity contribution in [3.05, 3.63) is 129 Å². The summed E-state index contributed by atoms with van der Waals surface area (Å²) in [5.41, 5.74) is -0.540. The highest BCUT2D eigenvalue weighted by molar-refractivity contribution is 6.74. The van der Waals surface area contributed by atoms with Gasteiger partial charge in [0, 0.05) is 25.1 Å². The minimum atomic E-state index is -2.76. The maximum atomic E-state index is 13.5. The summed E-state index contributed by atoms with van der Waals surface area (Å²) in [5, 5.41) is 0.00624. The van der Waals surface area contributed by atoms with Gasteiger partial charge in [-0.25, -0.2) is 9.59 Å². The average molecular weight is 802 g/mol. The number of aromatic amines is 1. The molecule has 0 aliphatic carbocycles. The van der Waals surface area contributed by atoms with Crippen LogP contribution >= 0.6 is 0 Å². The molecule has 4 atom stereocenters. The summed E-state index contributed by atoms with van der Waals surface area (Å²) < 4.78 is 38.8. The Morgan fingerprint density at radius 1 is 0.789 bits per heavy atom. The summed E-state index contributed by atoms with van der Waals surface area (Å²) in [6.45, 7) is 9.92. The standard InChI is InChI=1S/C41H47N3O12Si/c1-40(2,3)57(6,7)56-35-31(53-37(43-24-23-32(45)42-38(43)48)36(35)54-39(49)55-44-33(46)21-22-34(44)47)25-52-41(26-11-9-8-10-12-26,27-13-17-29(50-4)18-14-27)28-15-19-30(51-5)20-16-28/h8-20,23-24,31,35-37H,21-22,25H2,1-7H3,(H,42,45,48)/t31-,35-,36-,37-/m1/s1. The van der Waals surface area contributed by atoms with Crippen LogP contribution in [0.1, 0.15) is 56.5 Å². The monoisotopic (exact) mass is 801 g/mol. The van der Waals surface area contributed by atoms with Crippen molar-refractivity contribution in [3.63, 3.8) is 0 Å². The van der Waals surface area contributed by atoms with Gasteiger partial charge in [-0.3, -0.25) is 28.8 Å². The van der Waals surface area contributed by atoms with Gasteiger partial charge in [0.2, 0.25) is 0 Å². The highest BCUT2D eigenvalue weighted by atomic mass is 28.4. The lowest BCUT2D eigenvalue weighted by atomic mass is 9.80. The number of methoxy groups -OCH3 is 2. The molecule has 2 amide bonds. The zero-order chi connectivity index (χ0) is 41.1. The molecule has 2 saturated heterocycles. The summed E-state index contributed by atoms with van der Waals surface area (Å²) in [5.74, 6) is -0.142. The second-order valence-corrected chi connectivity index (χ2v) is 20.0. The largest absolute Gasteiger partial charge is 0.534 e. The molecule has 2 aliphatic rings. The number of imide groups is 1. The van der Waals surface area contributed by atoms with Crippen LogP contribution in [0.25, 0.3) is 0 Å². The van der Waals surface area contributed by atoms with E-state index in [1.165, 1.54) is 6.20 Å². The molecular weight excluding hydrogens is 755 g/mol. The number of carbonyl (C=O) groups excluding carboxylic acids is 3. The van der Waals surface area contributed by atoms with Crippen molar-refractivity contribution >= 4 is 26.3 Å². The van der Waals surface area contributed by atoms with Gasteiger partial charge < -0.3 is 28.1 Å². The Balaban J connectivity index is 1.48. The minimum absolute atomic E-state index is 0.129. The Morgan fingerprint density at radius 3 is 1.84 bits per heavy atom. The van der Waals surface area contributed by atoms with Crippen LogP contribution in [0.2, 0.25) is 18.1 Å². The van der Waals surface area contributed by atoms with E-state index in [0.29, 0.717) is 16.6 Å². The highest BCUT2D eigenvalue weighted by Crippen LogP contribution is 2.45. The third-order valence-corrected chi connectivity index (χ3v) is 15.2. The van der Waals surface area contributed by atoms with Crippen molar-refractivity contribution in [1.29, 1.82) is 0 Å². The molecular formula is C41H47N3O12Si. The normalized spacial score (nSPS) is 20.1. The second kappa shape index (κ2) is 16.5. The van der Waals surface area contributed by atoms with E-state index in [0.717, 1.165) is 27.3 Å². The molecule has 302 valence electrons.